The van der Waals surface area contributed by atoms with Crippen molar-refractivity contribution in [2.75, 3.05) is 13.2 Å². The molecule has 8 heteroatoms. The van der Waals surface area contributed by atoms with Gasteiger partial charge in [-0.2, -0.15) is 0 Å². The zero-order chi connectivity index (χ0) is 29.5. The molecule has 0 unspecified atom stereocenters. The zero-order valence-corrected chi connectivity index (χ0v) is 24.1. The van der Waals surface area contributed by atoms with Gasteiger partial charge in [0, 0.05) is 4.91 Å². The Balaban J connectivity index is 1.42. The minimum atomic E-state index is -0.569. The van der Waals surface area contributed by atoms with Gasteiger partial charge in [-0.15, -0.1) is 0 Å². The summed E-state index contributed by atoms with van der Waals surface area (Å²) in [7, 11) is 0. The maximum absolute atomic E-state index is 9.19. The second-order valence-electron chi connectivity index (χ2n) is 10.4. The molecule has 0 spiro atoms. The van der Waals surface area contributed by atoms with Crippen molar-refractivity contribution in [3.05, 3.63) is 154 Å². The zero-order valence-electron chi connectivity index (χ0n) is 24.1. The number of rotatable bonds is 15. The van der Waals surface area contributed by atoms with Crippen molar-refractivity contribution in [1.82, 2.24) is 0 Å². The van der Waals surface area contributed by atoms with Gasteiger partial charge in [-0.3, -0.25) is 0 Å². The molecule has 4 aromatic carbocycles. The first-order valence-electron chi connectivity index (χ1n) is 14.5. The van der Waals surface area contributed by atoms with Crippen LogP contribution in [0.5, 0.6) is 0 Å². The molecule has 5 rings (SSSR count). The van der Waals surface area contributed by atoms with Crippen LogP contribution in [0, 0.1) is 0 Å². The average molecular weight is 580 g/mol. The van der Waals surface area contributed by atoms with E-state index in [4.69, 9.17) is 23.7 Å². The third kappa shape index (κ3) is 9.24. The van der Waals surface area contributed by atoms with E-state index in [1.54, 1.807) is 0 Å². The van der Waals surface area contributed by atoms with Crippen molar-refractivity contribution in [2.24, 2.45) is 5.11 Å². The Hall–Kier alpha value is -4.01. The second kappa shape index (κ2) is 16.6. The highest BCUT2D eigenvalue weighted by Crippen LogP contribution is 2.31. The number of azide groups is 1. The molecule has 1 aliphatic heterocycles. The predicted octanol–water partition coefficient (Wildman–Crippen LogP) is 7.04. The summed E-state index contributed by atoms with van der Waals surface area (Å²) in [5.74, 6) is 0. The van der Waals surface area contributed by atoms with E-state index in [-0.39, 0.29) is 13.2 Å². The maximum Gasteiger partial charge on any atom is 0.115 e. The van der Waals surface area contributed by atoms with Gasteiger partial charge in [-0.1, -0.05) is 126 Å². The molecule has 1 heterocycles. The summed E-state index contributed by atoms with van der Waals surface area (Å²) < 4.78 is 32.5. The van der Waals surface area contributed by atoms with E-state index in [0.29, 0.717) is 26.4 Å². The lowest BCUT2D eigenvalue weighted by molar-refractivity contribution is -0.270. The normalized spacial score (nSPS) is 21.6. The van der Waals surface area contributed by atoms with E-state index in [1.165, 1.54) is 0 Å². The molecule has 1 saturated heterocycles. The molecule has 0 bridgehead atoms. The lowest BCUT2D eigenvalue weighted by Crippen LogP contribution is -2.61. The largest absolute Gasteiger partial charge is 0.374 e. The fraction of sp³-hybridized carbons (Fsp3) is 0.314. The third-order valence-corrected chi connectivity index (χ3v) is 7.30. The maximum atomic E-state index is 9.19. The predicted molar refractivity (Wildman–Crippen MR) is 164 cm³/mol. The molecular formula is C35H37N3O5. The van der Waals surface area contributed by atoms with Crippen molar-refractivity contribution in [1.29, 1.82) is 0 Å². The molecule has 0 aliphatic carbocycles. The summed E-state index contributed by atoms with van der Waals surface area (Å²) in [5.41, 5.74) is 13.3. The minimum absolute atomic E-state index is 0.0851. The van der Waals surface area contributed by atoms with Crippen molar-refractivity contribution >= 4 is 0 Å². The number of ether oxygens (including phenoxy) is 5. The van der Waals surface area contributed by atoms with Crippen LogP contribution in [-0.2, 0) is 50.1 Å². The highest BCUT2D eigenvalue weighted by Gasteiger charge is 2.48. The highest BCUT2D eigenvalue weighted by molar-refractivity contribution is 5.16. The molecule has 0 N–H and O–H groups in total. The molecule has 4 aromatic rings. The van der Waals surface area contributed by atoms with Crippen molar-refractivity contribution in [3.8, 4) is 0 Å². The molecule has 1 aliphatic rings. The summed E-state index contributed by atoms with van der Waals surface area (Å²) in [6.45, 7) is 1.83. The Morgan fingerprint density at radius 1 is 0.535 bits per heavy atom. The van der Waals surface area contributed by atoms with Crippen LogP contribution in [0.25, 0.3) is 10.4 Å². The van der Waals surface area contributed by atoms with Crippen LogP contribution in [0.15, 0.2) is 126 Å². The molecule has 0 radical (unpaired) electrons. The van der Waals surface area contributed by atoms with E-state index < -0.39 is 30.5 Å². The fourth-order valence-electron chi connectivity index (χ4n) is 5.15. The molecule has 43 heavy (non-hydrogen) atoms. The Morgan fingerprint density at radius 3 is 1.37 bits per heavy atom. The van der Waals surface area contributed by atoms with Crippen LogP contribution < -0.4 is 0 Å². The standard InChI is InChI=1S/C35H37N3O5/c36-38-37-21-31-33(40-23-28-15-7-2-8-16-28)35(42-25-30-19-11-4-12-20-30)34(41-24-29-17-9-3-10-18-29)32(43-31)26-39-22-27-13-5-1-6-14-27/h1-20,31-35H,21-26H2/t31-,32-,33+,34+,35-/m1/s1. The smallest absolute Gasteiger partial charge is 0.115 e. The summed E-state index contributed by atoms with van der Waals surface area (Å²) in [5, 5.41) is 3.87. The lowest BCUT2D eigenvalue weighted by Gasteiger charge is -2.46. The number of hydrogen-bond donors (Lipinski definition) is 0. The SMILES string of the molecule is [N-]=[N+]=NC[C@H]1O[C@H](COCc2ccccc2)[C@H](OCc2ccccc2)[C@H](OCc2ccccc2)[C@H]1OCc1ccccc1. The Bertz CT molecular complexity index is 1390. The van der Waals surface area contributed by atoms with Crippen molar-refractivity contribution in [2.45, 2.75) is 56.9 Å². The first kappa shape index (κ1) is 30.4. The second-order valence-corrected chi connectivity index (χ2v) is 10.4. The van der Waals surface area contributed by atoms with E-state index in [2.05, 4.69) is 10.0 Å². The van der Waals surface area contributed by atoms with Gasteiger partial charge in [0.2, 0.25) is 0 Å². The summed E-state index contributed by atoms with van der Waals surface area (Å²) >= 11 is 0. The molecule has 5 atom stereocenters. The minimum Gasteiger partial charge on any atom is -0.374 e. The van der Waals surface area contributed by atoms with Gasteiger partial charge in [-0.25, -0.2) is 0 Å². The Morgan fingerprint density at radius 2 is 0.930 bits per heavy atom. The van der Waals surface area contributed by atoms with Crippen molar-refractivity contribution in [3.63, 3.8) is 0 Å². The monoisotopic (exact) mass is 579 g/mol. The number of nitrogens with zero attached hydrogens (tertiary/aromatic N) is 3. The van der Waals surface area contributed by atoms with Gasteiger partial charge >= 0.3 is 0 Å². The van der Waals surface area contributed by atoms with Gasteiger partial charge in [0.05, 0.1) is 45.7 Å². The highest BCUT2D eigenvalue weighted by atomic mass is 16.6. The third-order valence-electron chi connectivity index (χ3n) is 7.30. The molecule has 0 aromatic heterocycles. The van der Waals surface area contributed by atoms with Gasteiger partial charge in [-0.05, 0) is 27.8 Å². The van der Waals surface area contributed by atoms with Gasteiger partial charge < -0.3 is 23.7 Å². The van der Waals surface area contributed by atoms with E-state index >= 15 is 0 Å². The molecule has 1 fully saturated rings. The lowest BCUT2D eigenvalue weighted by atomic mass is 9.94. The molecule has 222 valence electrons. The molecule has 0 saturated carbocycles. The first-order chi connectivity index (χ1) is 21.3. The van der Waals surface area contributed by atoms with E-state index in [0.717, 1.165) is 22.3 Å². The Labute approximate surface area is 252 Å². The Kier molecular flexibility index (Phi) is 11.7. The van der Waals surface area contributed by atoms with E-state index in [1.807, 2.05) is 121 Å². The van der Waals surface area contributed by atoms with Crippen LogP contribution in [0.2, 0.25) is 0 Å². The topological polar surface area (TPSA) is 94.9 Å². The number of hydrogen-bond acceptors (Lipinski definition) is 6. The van der Waals surface area contributed by atoms with E-state index in [9.17, 15) is 5.53 Å². The fourth-order valence-corrected chi connectivity index (χ4v) is 5.15. The van der Waals surface area contributed by atoms with Crippen LogP contribution in [0.3, 0.4) is 0 Å². The van der Waals surface area contributed by atoms with Crippen molar-refractivity contribution < 1.29 is 23.7 Å². The number of benzene rings is 4. The van der Waals surface area contributed by atoms with Crippen LogP contribution in [0.4, 0.5) is 0 Å². The molecule has 0 amide bonds. The van der Waals surface area contributed by atoms with Crippen LogP contribution in [-0.4, -0.2) is 43.7 Å². The summed E-state index contributed by atoms with van der Waals surface area (Å²) in [4.78, 5) is 3.01. The van der Waals surface area contributed by atoms with Crippen LogP contribution >= 0.6 is 0 Å². The molecule has 8 nitrogen and oxygen atoms in total. The molecular weight excluding hydrogens is 542 g/mol. The summed E-state index contributed by atoms with van der Waals surface area (Å²) in [6.07, 6.45) is -2.69. The first-order valence-corrected chi connectivity index (χ1v) is 14.5. The summed E-state index contributed by atoms with van der Waals surface area (Å²) in [6, 6.07) is 39.9. The van der Waals surface area contributed by atoms with Crippen LogP contribution in [0.1, 0.15) is 22.3 Å². The van der Waals surface area contributed by atoms with Gasteiger partial charge in [0.1, 0.15) is 24.4 Å². The quantitative estimate of drug-likeness (QED) is 0.0856. The average Bonchev–Trinajstić information content (AvgIpc) is 3.07. The van der Waals surface area contributed by atoms with Gasteiger partial charge in [0.25, 0.3) is 0 Å². The van der Waals surface area contributed by atoms with Gasteiger partial charge in [0.15, 0.2) is 0 Å².